The van der Waals surface area contributed by atoms with E-state index in [-0.39, 0.29) is 6.29 Å². The van der Waals surface area contributed by atoms with Gasteiger partial charge in [-0.15, -0.1) is 0 Å². The van der Waals surface area contributed by atoms with Gasteiger partial charge in [0.25, 0.3) is 0 Å². The molecule has 0 aromatic carbocycles. The van der Waals surface area contributed by atoms with Crippen LogP contribution in [0.2, 0.25) is 0 Å². The molecule has 0 aromatic rings. The first-order valence-corrected chi connectivity index (χ1v) is 3.87. The predicted molar refractivity (Wildman–Crippen MR) is 38.9 cm³/mol. The molecule has 0 aliphatic carbocycles. The summed E-state index contributed by atoms with van der Waals surface area (Å²) >= 11 is 0. The van der Waals surface area contributed by atoms with E-state index in [1.807, 2.05) is 0 Å². The maximum Gasteiger partial charge on any atom is 0.169 e. The number of hydrogen-bond donors (Lipinski definition) is 1. The van der Waals surface area contributed by atoms with Crippen LogP contribution in [0.15, 0.2) is 0 Å². The highest BCUT2D eigenvalue weighted by molar-refractivity contribution is 4.57. The summed E-state index contributed by atoms with van der Waals surface area (Å²) in [5.41, 5.74) is 0. The Morgan fingerprint density at radius 3 is 3.20 bits per heavy atom. The number of nitrogens with one attached hydrogen (secondary N) is 1. The van der Waals surface area contributed by atoms with Crippen molar-refractivity contribution in [2.75, 3.05) is 26.3 Å². The van der Waals surface area contributed by atoms with Crippen LogP contribution in [0.25, 0.3) is 0 Å². The minimum atomic E-state index is -0.00583. The van der Waals surface area contributed by atoms with E-state index >= 15 is 0 Å². The summed E-state index contributed by atoms with van der Waals surface area (Å²) < 4.78 is 10.6. The third-order valence-corrected chi connectivity index (χ3v) is 1.40. The molecular formula is C7H15NO2. The van der Waals surface area contributed by atoms with Crippen LogP contribution < -0.4 is 5.32 Å². The molecule has 1 rings (SSSR count). The molecule has 1 saturated heterocycles. The summed E-state index contributed by atoms with van der Waals surface area (Å²) in [6, 6.07) is 0. The van der Waals surface area contributed by atoms with Gasteiger partial charge in [-0.05, 0) is 6.42 Å². The van der Waals surface area contributed by atoms with E-state index in [1.165, 1.54) is 0 Å². The maximum atomic E-state index is 5.35. The molecule has 3 nitrogen and oxygen atoms in total. The molecule has 3 heteroatoms. The molecule has 1 N–H and O–H groups in total. The van der Waals surface area contributed by atoms with E-state index < -0.39 is 0 Å². The summed E-state index contributed by atoms with van der Waals surface area (Å²) in [6.45, 7) is 5.45. The Kier molecular flexibility index (Phi) is 3.72. The fraction of sp³-hybridized carbons (Fsp3) is 1.00. The van der Waals surface area contributed by atoms with Gasteiger partial charge >= 0.3 is 0 Å². The predicted octanol–water partition coefficient (Wildman–Crippen LogP) is 0.359. The molecule has 1 unspecified atom stereocenters. The molecule has 0 radical (unpaired) electrons. The normalized spacial score (nSPS) is 26.7. The van der Waals surface area contributed by atoms with Crippen LogP contribution in [0.4, 0.5) is 0 Å². The van der Waals surface area contributed by atoms with Crippen molar-refractivity contribution in [2.24, 2.45) is 0 Å². The smallest absolute Gasteiger partial charge is 0.169 e. The van der Waals surface area contributed by atoms with Gasteiger partial charge < -0.3 is 14.8 Å². The maximum absolute atomic E-state index is 5.35. The van der Waals surface area contributed by atoms with Crippen LogP contribution in [0.1, 0.15) is 13.3 Å². The number of hydrogen-bond acceptors (Lipinski definition) is 3. The second-order valence-corrected chi connectivity index (χ2v) is 2.38. The van der Waals surface area contributed by atoms with Crippen molar-refractivity contribution in [1.82, 2.24) is 5.32 Å². The van der Waals surface area contributed by atoms with Gasteiger partial charge in [-0.2, -0.15) is 0 Å². The van der Waals surface area contributed by atoms with Gasteiger partial charge in [0.1, 0.15) is 0 Å². The fourth-order valence-electron chi connectivity index (χ4n) is 0.898. The van der Waals surface area contributed by atoms with Crippen LogP contribution >= 0.6 is 0 Å². The third kappa shape index (κ3) is 2.64. The molecule has 0 spiro atoms. The van der Waals surface area contributed by atoms with E-state index in [2.05, 4.69) is 12.2 Å². The minimum Gasteiger partial charge on any atom is -0.351 e. The molecule has 1 aliphatic rings. The quantitative estimate of drug-likeness (QED) is 0.622. The van der Waals surface area contributed by atoms with Crippen LogP contribution in [-0.2, 0) is 9.47 Å². The molecule has 0 bridgehead atoms. The molecule has 60 valence electrons. The van der Waals surface area contributed by atoms with Crippen LogP contribution in [0.3, 0.4) is 0 Å². The first kappa shape index (κ1) is 7.98. The molecule has 1 fully saturated rings. The number of morpholine rings is 1. The topological polar surface area (TPSA) is 30.5 Å². The average Bonchev–Trinajstić information content (AvgIpc) is 2.03. The summed E-state index contributed by atoms with van der Waals surface area (Å²) in [4.78, 5) is 0. The van der Waals surface area contributed by atoms with Gasteiger partial charge in [0.05, 0.1) is 6.61 Å². The standard InChI is InChI=1S/C7H15NO2/c1-2-4-9-7-6-8-3-5-10-7/h7-8H,2-6H2,1H3. The molecule has 0 saturated carbocycles. The van der Waals surface area contributed by atoms with Crippen molar-refractivity contribution in [3.63, 3.8) is 0 Å². The van der Waals surface area contributed by atoms with Gasteiger partial charge in [-0.25, -0.2) is 0 Å². The molecule has 0 aromatic heterocycles. The SMILES string of the molecule is CCCOC1CNCCO1. The first-order valence-electron chi connectivity index (χ1n) is 3.87. The summed E-state index contributed by atoms with van der Waals surface area (Å²) in [5.74, 6) is 0. The monoisotopic (exact) mass is 145 g/mol. The van der Waals surface area contributed by atoms with Gasteiger partial charge in [0.2, 0.25) is 0 Å². The fourth-order valence-corrected chi connectivity index (χ4v) is 0.898. The van der Waals surface area contributed by atoms with Crippen molar-refractivity contribution in [3.05, 3.63) is 0 Å². The Bertz CT molecular complexity index is 81.7. The van der Waals surface area contributed by atoms with Gasteiger partial charge in [-0.3, -0.25) is 0 Å². The Morgan fingerprint density at radius 1 is 1.70 bits per heavy atom. The second kappa shape index (κ2) is 4.66. The highest BCUT2D eigenvalue weighted by Gasteiger charge is 2.11. The largest absolute Gasteiger partial charge is 0.351 e. The average molecular weight is 145 g/mol. The lowest BCUT2D eigenvalue weighted by atomic mass is 10.5. The van der Waals surface area contributed by atoms with Gasteiger partial charge in [-0.1, -0.05) is 6.92 Å². The van der Waals surface area contributed by atoms with E-state index in [0.717, 1.165) is 32.7 Å². The minimum absolute atomic E-state index is 0.00583. The summed E-state index contributed by atoms with van der Waals surface area (Å²) in [5, 5.41) is 3.19. The van der Waals surface area contributed by atoms with Crippen LogP contribution in [-0.4, -0.2) is 32.6 Å². The molecule has 1 aliphatic heterocycles. The van der Waals surface area contributed by atoms with Crippen molar-refractivity contribution in [2.45, 2.75) is 19.6 Å². The Hall–Kier alpha value is -0.120. The highest BCUT2D eigenvalue weighted by atomic mass is 16.7. The molecule has 1 heterocycles. The molecule has 1 atom stereocenters. The molecular weight excluding hydrogens is 130 g/mol. The lowest BCUT2D eigenvalue weighted by Gasteiger charge is -2.23. The van der Waals surface area contributed by atoms with E-state index in [0.29, 0.717) is 0 Å². The summed E-state index contributed by atoms with van der Waals surface area (Å²) in [6.07, 6.45) is 1.05. The van der Waals surface area contributed by atoms with Crippen molar-refractivity contribution in [3.8, 4) is 0 Å². The zero-order chi connectivity index (χ0) is 7.23. The summed E-state index contributed by atoms with van der Waals surface area (Å²) in [7, 11) is 0. The Balaban J connectivity index is 2.02. The van der Waals surface area contributed by atoms with Crippen LogP contribution in [0, 0.1) is 0 Å². The Morgan fingerprint density at radius 2 is 2.60 bits per heavy atom. The highest BCUT2D eigenvalue weighted by Crippen LogP contribution is 1.97. The second-order valence-electron chi connectivity index (χ2n) is 2.38. The van der Waals surface area contributed by atoms with Crippen molar-refractivity contribution < 1.29 is 9.47 Å². The van der Waals surface area contributed by atoms with Gasteiger partial charge in [0.15, 0.2) is 6.29 Å². The van der Waals surface area contributed by atoms with E-state index in [4.69, 9.17) is 9.47 Å². The molecule has 10 heavy (non-hydrogen) atoms. The lowest BCUT2D eigenvalue weighted by molar-refractivity contribution is -0.152. The Labute approximate surface area is 61.7 Å². The third-order valence-electron chi connectivity index (χ3n) is 1.40. The van der Waals surface area contributed by atoms with Crippen molar-refractivity contribution >= 4 is 0 Å². The zero-order valence-electron chi connectivity index (χ0n) is 6.43. The van der Waals surface area contributed by atoms with Crippen LogP contribution in [0.5, 0.6) is 0 Å². The zero-order valence-corrected chi connectivity index (χ0v) is 6.43. The number of rotatable bonds is 3. The van der Waals surface area contributed by atoms with Crippen molar-refractivity contribution in [1.29, 1.82) is 0 Å². The first-order chi connectivity index (χ1) is 4.93. The molecule has 0 amide bonds. The van der Waals surface area contributed by atoms with Gasteiger partial charge in [0, 0.05) is 19.7 Å². The van der Waals surface area contributed by atoms with E-state index in [1.54, 1.807) is 0 Å². The number of ether oxygens (including phenoxy) is 2. The lowest BCUT2D eigenvalue weighted by Crippen LogP contribution is -2.40. The van der Waals surface area contributed by atoms with E-state index in [9.17, 15) is 0 Å².